The molecule has 0 unspecified atom stereocenters. The fourth-order valence-electron chi connectivity index (χ4n) is 4.34. The summed E-state index contributed by atoms with van der Waals surface area (Å²) in [4.78, 5) is 12.5. The van der Waals surface area contributed by atoms with E-state index in [1.54, 1.807) is 0 Å². The molecular formula is C16H24F3NO4. The van der Waals surface area contributed by atoms with Crippen LogP contribution < -0.4 is 5.32 Å². The van der Waals surface area contributed by atoms with E-state index >= 15 is 0 Å². The van der Waals surface area contributed by atoms with Gasteiger partial charge in [-0.25, -0.2) is 0 Å². The van der Waals surface area contributed by atoms with Crippen LogP contribution in [0.2, 0.25) is 0 Å². The van der Waals surface area contributed by atoms with Crippen LogP contribution in [0.4, 0.5) is 13.2 Å². The Bertz CT molecular complexity index is 482. The molecule has 24 heavy (non-hydrogen) atoms. The predicted octanol–water partition coefficient (Wildman–Crippen LogP) is 1.52. The van der Waals surface area contributed by atoms with E-state index in [9.17, 15) is 28.2 Å². The number of alkyl halides is 3. The van der Waals surface area contributed by atoms with Gasteiger partial charge in [-0.2, -0.15) is 13.2 Å². The highest BCUT2D eigenvalue weighted by Crippen LogP contribution is 2.49. The van der Waals surface area contributed by atoms with Crippen molar-refractivity contribution in [3.05, 3.63) is 0 Å². The summed E-state index contributed by atoms with van der Waals surface area (Å²) in [6.45, 7) is 1.03. The van der Waals surface area contributed by atoms with Crippen LogP contribution in [0.25, 0.3) is 0 Å². The Kier molecular flexibility index (Phi) is 4.59. The van der Waals surface area contributed by atoms with Crippen molar-refractivity contribution in [1.82, 2.24) is 5.32 Å². The number of carbonyl (C=O) groups excluding carboxylic acids is 1. The Morgan fingerprint density at radius 2 is 1.71 bits per heavy atom. The molecule has 3 N–H and O–H groups in total. The molecule has 0 aromatic heterocycles. The van der Waals surface area contributed by atoms with E-state index in [0.29, 0.717) is 32.5 Å². The summed E-state index contributed by atoms with van der Waals surface area (Å²) in [5.41, 5.74) is -2.16. The van der Waals surface area contributed by atoms with Gasteiger partial charge in [-0.05, 0) is 44.9 Å². The van der Waals surface area contributed by atoms with Gasteiger partial charge in [-0.1, -0.05) is 0 Å². The van der Waals surface area contributed by atoms with E-state index in [1.807, 2.05) is 0 Å². The first-order valence-electron chi connectivity index (χ1n) is 8.53. The minimum Gasteiger partial charge on any atom is -0.392 e. The standard InChI is InChI=1S/C16H24F3NO4/c17-16(18,19)10-1-3-15(23,4-2-10)13(22)20-11-9-12(21)14(11)5-7-24-8-6-14/h10-12,21,23H,1-9H2,(H,20,22)/t10?,11-,12-,15?/m1/s1. The van der Waals surface area contributed by atoms with Gasteiger partial charge in [0, 0.05) is 24.7 Å². The first kappa shape index (κ1) is 17.9. The number of hydrogen-bond acceptors (Lipinski definition) is 4. The van der Waals surface area contributed by atoms with E-state index in [4.69, 9.17) is 4.74 Å². The SMILES string of the molecule is O=C(N[C@@H]1C[C@@H](O)C12CCOCC2)C1(O)CCC(C(F)(F)F)CC1. The molecule has 1 saturated heterocycles. The maximum atomic E-state index is 12.7. The lowest BCUT2D eigenvalue weighted by Gasteiger charge is -2.56. The van der Waals surface area contributed by atoms with E-state index < -0.39 is 35.1 Å². The van der Waals surface area contributed by atoms with Crippen molar-refractivity contribution in [2.45, 2.75) is 68.9 Å². The molecule has 0 bridgehead atoms. The second kappa shape index (κ2) is 6.14. The number of aliphatic hydroxyl groups is 2. The zero-order valence-electron chi connectivity index (χ0n) is 13.4. The summed E-state index contributed by atoms with van der Waals surface area (Å²) < 4.78 is 43.5. The monoisotopic (exact) mass is 351 g/mol. The number of aliphatic hydroxyl groups excluding tert-OH is 1. The molecule has 8 heteroatoms. The number of amides is 1. The normalized spacial score (nSPS) is 39.3. The highest BCUT2D eigenvalue weighted by atomic mass is 19.4. The highest BCUT2D eigenvalue weighted by molar-refractivity contribution is 5.85. The van der Waals surface area contributed by atoms with Crippen LogP contribution >= 0.6 is 0 Å². The number of halogens is 3. The molecule has 1 aliphatic heterocycles. The molecule has 0 aromatic carbocycles. The molecule has 0 radical (unpaired) electrons. The van der Waals surface area contributed by atoms with Crippen LogP contribution in [-0.4, -0.2) is 53.3 Å². The van der Waals surface area contributed by atoms with Crippen LogP contribution in [0, 0.1) is 11.3 Å². The zero-order valence-corrected chi connectivity index (χ0v) is 13.4. The first-order valence-corrected chi connectivity index (χ1v) is 8.53. The Morgan fingerprint density at radius 3 is 2.21 bits per heavy atom. The lowest BCUT2D eigenvalue weighted by Crippen LogP contribution is -2.67. The third kappa shape index (κ3) is 3.04. The van der Waals surface area contributed by atoms with Crippen LogP contribution in [-0.2, 0) is 9.53 Å². The second-order valence-electron chi connectivity index (χ2n) is 7.47. The molecule has 2 atom stereocenters. The van der Waals surface area contributed by atoms with Gasteiger partial charge in [0.15, 0.2) is 0 Å². The lowest BCUT2D eigenvalue weighted by atomic mass is 9.57. The van der Waals surface area contributed by atoms with Gasteiger partial charge in [0.25, 0.3) is 5.91 Å². The average Bonchev–Trinajstić information content (AvgIpc) is 2.54. The summed E-state index contributed by atoms with van der Waals surface area (Å²) in [6.07, 6.45) is -3.96. The number of nitrogens with one attached hydrogen (secondary N) is 1. The summed E-state index contributed by atoms with van der Waals surface area (Å²) in [5.74, 6) is -2.05. The second-order valence-corrected chi connectivity index (χ2v) is 7.47. The van der Waals surface area contributed by atoms with E-state index in [-0.39, 0.29) is 31.7 Å². The zero-order chi connectivity index (χ0) is 17.6. The van der Waals surface area contributed by atoms with Crippen molar-refractivity contribution in [2.24, 2.45) is 11.3 Å². The molecular weight excluding hydrogens is 327 g/mol. The van der Waals surface area contributed by atoms with Gasteiger partial charge in [-0.3, -0.25) is 4.79 Å². The molecule has 2 aliphatic carbocycles. The molecule has 1 heterocycles. The van der Waals surface area contributed by atoms with Crippen LogP contribution in [0.1, 0.15) is 44.9 Å². The molecule has 138 valence electrons. The summed E-state index contributed by atoms with van der Waals surface area (Å²) >= 11 is 0. The van der Waals surface area contributed by atoms with Gasteiger partial charge >= 0.3 is 6.18 Å². The van der Waals surface area contributed by atoms with Gasteiger partial charge in [-0.15, -0.1) is 0 Å². The molecule has 1 spiro atoms. The predicted molar refractivity (Wildman–Crippen MR) is 78.0 cm³/mol. The molecule has 2 saturated carbocycles. The van der Waals surface area contributed by atoms with Crippen molar-refractivity contribution < 1.29 is 32.9 Å². The van der Waals surface area contributed by atoms with Crippen LogP contribution in [0.3, 0.4) is 0 Å². The van der Waals surface area contributed by atoms with Crippen molar-refractivity contribution in [3.8, 4) is 0 Å². The van der Waals surface area contributed by atoms with E-state index in [1.165, 1.54) is 0 Å². The lowest BCUT2D eigenvalue weighted by molar-refractivity contribution is -0.196. The van der Waals surface area contributed by atoms with Gasteiger partial charge in [0.2, 0.25) is 0 Å². The minimum atomic E-state index is -4.28. The Balaban J connectivity index is 1.59. The van der Waals surface area contributed by atoms with Gasteiger partial charge in [0.05, 0.1) is 12.0 Å². The van der Waals surface area contributed by atoms with E-state index in [0.717, 1.165) is 0 Å². The maximum Gasteiger partial charge on any atom is 0.391 e. The fourth-order valence-corrected chi connectivity index (χ4v) is 4.34. The maximum absolute atomic E-state index is 12.7. The van der Waals surface area contributed by atoms with Crippen LogP contribution in [0.5, 0.6) is 0 Å². The number of carbonyl (C=O) groups is 1. The van der Waals surface area contributed by atoms with Crippen molar-refractivity contribution in [2.75, 3.05) is 13.2 Å². The minimum absolute atomic E-state index is 0.186. The molecule has 3 rings (SSSR count). The van der Waals surface area contributed by atoms with Crippen molar-refractivity contribution in [3.63, 3.8) is 0 Å². The van der Waals surface area contributed by atoms with Gasteiger partial charge in [0.1, 0.15) is 5.60 Å². The van der Waals surface area contributed by atoms with Crippen molar-refractivity contribution in [1.29, 1.82) is 0 Å². The molecule has 1 amide bonds. The molecule has 3 fully saturated rings. The van der Waals surface area contributed by atoms with Gasteiger partial charge < -0.3 is 20.3 Å². The highest BCUT2D eigenvalue weighted by Gasteiger charge is 2.57. The average molecular weight is 351 g/mol. The third-order valence-corrected chi connectivity index (χ3v) is 6.24. The summed E-state index contributed by atoms with van der Waals surface area (Å²) in [6, 6.07) is -0.256. The third-order valence-electron chi connectivity index (χ3n) is 6.24. The van der Waals surface area contributed by atoms with Crippen LogP contribution in [0.15, 0.2) is 0 Å². The Morgan fingerprint density at radius 1 is 1.12 bits per heavy atom. The summed E-state index contributed by atoms with van der Waals surface area (Å²) in [5, 5.41) is 23.4. The Hall–Kier alpha value is -0.860. The fraction of sp³-hybridized carbons (Fsp3) is 0.938. The smallest absolute Gasteiger partial charge is 0.391 e. The largest absolute Gasteiger partial charge is 0.392 e. The molecule has 0 aromatic rings. The topological polar surface area (TPSA) is 78.8 Å². The molecule has 5 nitrogen and oxygen atoms in total. The number of rotatable bonds is 2. The number of ether oxygens (including phenoxy) is 1. The Labute approximate surface area is 138 Å². The van der Waals surface area contributed by atoms with Crippen molar-refractivity contribution >= 4 is 5.91 Å². The first-order chi connectivity index (χ1) is 11.2. The number of hydrogen-bond donors (Lipinski definition) is 3. The van der Waals surface area contributed by atoms with E-state index in [2.05, 4.69) is 5.32 Å². The summed E-state index contributed by atoms with van der Waals surface area (Å²) in [7, 11) is 0. The molecule has 3 aliphatic rings. The quantitative estimate of drug-likeness (QED) is 0.705.